The minimum absolute atomic E-state index is 0.0465. The quantitative estimate of drug-likeness (QED) is 0.825. The molecule has 1 atom stereocenters. The molecule has 2 fully saturated rings. The third-order valence-corrected chi connectivity index (χ3v) is 5.84. The van der Waals surface area contributed by atoms with Crippen molar-refractivity contribution in [2.24, 2.45) is 0 Å². The molecule has 0 radical (unpaired) electrons. The van der Waals surface area contributed by atoms with Gasteiger partial charge in [0.05, 0.1) is 23.4 Å². The number of rotatable bonds is 1. The summed E-state index contributed by atoms with van der Waals surface area (Å²) < 4.78 is 6.01. The molecule has 5 heteroatoms. The molecule has 2 saturated heterocycles. The van der Waals surface area contributed by atoms with Gasteiger partial charge in [-0.1, -0.05) is 30.3 Å². The predicted octanol–water partition coefficient (Wildman–Crippen LogP) is 3.08. The lowest BCUT2D eigenvalue weighted by atomic mass is 9.78. The van der Waals surface area contributed by atoms with E-state index in [9.17, 15) is 15.0 Å². The minimum atomic E-state index is -0.693. The van der Waals surface area contributed by atoms with Crippen molar-refractivity contribution >= 4 is 16.7 Å². The molecule has 1 spiro atoms. The lowest BCUT2D eigenvalue weighted by Crippen LogP contribution is -2.54. The van der Waals surface area contributed by atoms with Crippen LogP contribution in [0.15, 0.2) is 36.4 Å². The maximum absolute atomic E-state index is 12.9. The number of hydrogen-bond donors (Lipinski definition) is 2. The van der Waals surface area contributed by atoms with E-state index in [2.05, 4.69) is 0 Å². The van der Waals surface area contributed by atoms with E-state index in [-0.39, 0.29) is 17.3 Å². The van der Waals surface area contributed by atoms with Crippen molar-refractivity contribution in [3.63, 3.8) is 0 Å². The Morgan fingerprint density at radius 3 is 2.58 bits per heavy atom. The van der Waals surface area contributed by atoms with Crippen molar-refractivity contribution in [2.45, 2.75) is 43.8 Å². The minimum Gasteiger partial charge on any atom is -0.506 e. The average molecular weight is 355 g/mol. The molecule has 2 aromatic rings. The first kappa shape index (κ1) is 17.3. The zero-order valence-corrected chi connectivity index (χ0v) is 15.1. The highest BCUT2D eigenvalue weighted by Gasteiger charge is 2.45. The van der Waals surface area contributed by atoms with Crippen molar-refractivity contribution in [3.8, 4) is 5.75 Å². The lowest BCUT2D eigenvalue weighted by Gasteiger charge is -2.48. The van der Waals surface area contributed by atoms with Crippen LogP contribution in [-0.4, -0.2) is 51.9 Å². The summed E-state index contributed by atoms with van der Waals surface area (Å²) in [5.74, 6) is -0.101. The fourth-order valence-electron chi connectivity index (χ4n) is 4.36. The zero-order valence-electron chi connectivity index (χ0n) is 15.1. The highest BCUT2D eigenvalue weighted by Crippen LogP contribution is 2.40. The van der Waals surface area contributed by atoms with Gasteiger partial charge in [-0.2, -0.15) is 0 Å². The van der Waals surface area contributed by atoms with Crippen molar-refractivity contribution in [3.05, 3.63) is 42.0 Å². The molecule has 1 amide bonds. The van der Waals surface area contributed by atoms with E-state index in [1.165, 1.54) is 0 Å². The second-order valence-electron chi connectivity index (χ2n) is 7.93. The van der Waals surface area contributed by atoms with Crippen LogP contribution >= 0.6 is 0 Å². The van der Waals surface area contributed by atoms with Crippen LogP contribution in [0, 0.1) is 0 Å². The molecule has 5 nitrogen and oxygen atoms in total. The molecule has 26 heavy (non-hydrogen) atoms. The second-order valence-corrected chi connectivity index (χ2v) is 7.93. The molecular weight excluding hydrogens is 330 g/mol. The van der Waals surface area contributed by atoms with E-state index in [1.54, 1.807) is 11.0 Å². The van der Waals surface area contributed by atoms with Gasteiger partial charge in [0.15, 0.2) is 0 Å². The van der Waals surface area contributed by atoms with Gasteiger partial charge in [-0.15, -0.1) is 0 Å². The molecule has 0 aromatic heterocycles. The monoisotopic (exact) mass is 355 g/mol. The molecule has 0 bridgehead atoms. The molecule has 2 aromatic carbocycles. The van der Waals surface area contributed by atoms with Gasteiger partial charge in [0, 0.05) is 24.9 Å². The molecule has 2 N–H and O–H groups in total. The summed E-state index contributed by atoms with van der Waals surface area (Å²) in [7, 11) is 0. The van der Waals surface area contributed by atoms with Gasteiger partial charge >= 0.3 is 0 Å². The fourth-order valence-corrected chi connectivity index (χ4v) is 4.36. The third kappa shape index (κ3) is 3.06. The SMILES string of the molecule is CC1(O)CCOC2(CCN(C(=O)c3ccc4ccccc4c3O)CC2)C1. The molecule has 138 valence electrons. The summed E-state index contributed by atoms with van der Waals surface area (Å²) in [6, 6.07) is 11.1. The van der Waals surface area contributed by atoms with Crippen LogP contribution < -0.4 is 0 Å². The third-order valence-electron chi connectivity index (χ3n) is 5.84. The Balaban J connectivity index is 1.51. The van der Waals surface area contributed by atoms with Gasteiger partial charge in [-0.05, 0) is 37.6 Å². The Hall–Kier alpha value is -2.11. The maximum atomic E-state index is 12.9. The van der Waals surface area contributed by atoms with Crippen molar-refractivity contribution < 1.29 is 19.7 Å². The topological polar surface area (TPSA) is 70.0 Å². The Morgan fingerprint density at radius 1 is 1.12 bits per heavy atom. The Kier molecular flexibility index (Phi) is 4.16. The number of fused-ring (bicyclic) bond motifs is 1. The smallest absolute Gasteiger partial charge is 0.257 e. The summed E-state index contributed by atoms with van der Waals surface area (Å²) in [4.78, 5) is 14.7. The number of carbonyl (C=O) groups excluding carboxylic acids is 1. The van der Waals surface area contributed by atoms with E-state index in [0.29, 0.717) is 56.3 Å². The van der Waals surface area contributed by atoms with Gasteiger partial charge in [0.25, 0.3) is 5.91 Å². The Bertz CT molecular complexity index is 837. The summed E-state index contributed by atoms with van der Waals surface area (Å²) in [5.41, 5.74) is -0.679. The first-order valence-corrected chi connectivity index (χ1v) is 9.26. The van der Waals surface area contributed by atoms with Crippen molar-refractivity contribution in [1.82, 2.24) is 4.90 Å². The van der Waals surface area contributed by atoms with Gasteiger partial charge in [-0.25, -0.2) is 0 Å². The van der Waals surface area contributed by atoms with Gasteiger partial charge in [0.1, 0.15) is 5.75 Å². The fraction of sp³-hybridized carbons (Fsp3) is 0.476. The molecule has 2 aliphatic rings. The Labute approximate surface area is 153 Å². The number of ether oxygens (including phenoxy) is 1. The maximum Gasteiger partial charge on any atom is 0.257 e. The van der Waals surface area contributed by atoms with Crippen LogP contribution in [0.4, 0.5) is 0 Å². The molecule has 0 saturated carbocycles. The number of aliphatic hydroxyl groups is 1. The number of nitrogens with zero attached hydrogens (tertiary/aromatic N) is 1. The second kappa shape index (κ2) is 6.25. The van der Waals surface area contributed by atoms with Crippen LogP contribution in [0.5, 0.6) is 5.75 Å². The number of carbonyl (C=O) groups is 1. The van der Waals surface area contributed by atoms with Crippen molar-refractivity contribution in [1.29, 1.82) is 0 Å². The van der Waals surface area contributed by atoms with Crippen LogP contribution in [-0.2, 0) is 4.74 Å². The number of amides is 1. The molecular formula is C21H25NO4. The van der Waals surface area contributed by atoms with Gasteiger partial charge in [-0.3, -0.25) is 4.79 Å². The van der Waals surface area contributed by atoms with Crippen LogP contribution in [0.3, 0.4) is 0 Å². The number of aromatic hydroxyl groups is 1. The van der Waals surface area contributed by atoms with Gasteiger partial charge in [0.2, 0.25) is 0 Å². The van der Waals surface area contributed by atoms with Crippen molar-refractivity contribution in [2.75, 3.05) is 19.7 Å². The predicted molar refractivity (Wildman–Crippen MR) is 99.3 cm³/mol. The highest BCUT2D eigenvalue weighted by molar-refractivity contribution is 6.03. The number of benzene rings is 2. The summed E-state index contributed by atoms with van der Waals surface area (Å²) >= 11 is 0. The van der Waals surface area contributed by atoms with Gasteiger partial charge < -0.3 is 19.8 Å². The van der Waals surface area contributed by atoms with E-state index in [0.717, 1.165) is 5.39 Å². The number of phenols is 1. The normalized spacial score (nSPS) is 25.5. The lowest BCUT2D eigenvalue weighted by molar-refractivity contribution is -0.170. The number of piperidine rings is 1. The van der Waals surface area contributed by atoms with E-state index in [1.807, 2.05) is 37.3 Å². The Morgan fingerprint density at radius 2 is 1.85 bits per heavy atom. The molecule has 2 aliphatic heterocycles. The van der Waals surface area contributed by atoms with Crippen LogP contribution in [0.2, 0.25) is 0 Å². The first-order valence-electron chi connectivity index (χ1n) is 9.26. The zero-order chi connectivity index (χ0) is 18.4. The average Bonchev–Trinajstić information content (AvgIpc) is 2.61. The summed E-state index contributed by atoms with van der Waals surface area (Å²) in [5, 5.41) is 22.6. The number of hydrogen-bond acceptors (Lipinski definition) is 4. The van der Waals surface area contributed by atoms with Crippen LogP contribution in [0.1, 0.15) is 43.0 Å². The summed E-state index contributed by atoms with van der Waals surface area (Å²) in [6.45, 7) is 3.57. The molecule has 2 heterocycles. The molecule has 1 unspecified atom stereocenters. The van der Waals surface area contributed by atoms with Crippen LogP contribution in [0.25, 0.3) is 10.8 Å². The first-order chi connectivity index (χ1) is 12.4. The molecule has 0 aliphatic carbocycles. The largest absolute Gasteiger partial charge is 0.506 e. The van der Waals surface area contributed by atoms with E-state index < -0.39 is 5.60 Å². The van der Waals surface area contributed by atoms with E-state index >= 15 is 0 Å². The number of phenolic OH excluding ortho intramolecular Hbond substituents is 1. The molecule has 4 rings (SSSR count). The summed E-state index contributed by atoms with van der Waals surface area (Å²) in [6.07, 6.45) is 2.69. The standard InChI is InChI=1S/C21H25NO4/c1-20(25)10-13-26-21(14-20)8-11-22(12-9-21)19(24)17-7-6-15-4-2-3-5-16(15)18(17)23/h2-7,23,25H,8-14H2,1H3. The van der Waals surface area contributed by atoms with E-state index in [4.69, 9.17) is 4.74 Å². The number of likely N-dealkylation sites (tertiary alicyclic amines) is 1. The highest BCUT2D eigenvalue weighted by atomic mass is 16.5.